The fourth-order valence-electron chi connectivity index (χ4n) is 3.16. The maximum absolute atomic E-state index is 12.5. The molecule has 1 amide bonds. The molecule has 0 radical (unpaired) electrons. The number of aromatic nitrogens is 4. The van der Waals surface area contributed by atoms with Gasteiger partial charge in [-0.2, -0.15) is 5.10 Å². The van der Waals surface area contributed by atoms with Crippen molar-refractivity contribution in [1.29, 1.82) is 0 Å². The first kappa shape index (κ1) is 18.3. The highest BCUT2D eigenvalue weighted by Gasteiger charge is 2.25. The van der Waals surface area contributed by atoms with Crippen molar-refractivity contribution >= 4 is 33.3 Å². The molecule has 1 fully saturated rings. The van der Waals surface area contributed by atoms with Crippen LogP contribution in [0.25, 0.3) is 0 Å². The summed E-state index contributed by atoms with van der Waals surface area (Å²) in [5.41, 5.74) is 0.970. The summed E-state index contributed by atoms with van der Waals surface area (Å²) in [5.74, 6) is 0.535. The molecule has 1 aliphatic rings. The van der Waals surface area contributed by atoms with E-state index in [1.807, 2.05) is 49.4 Å². The van der Waals surface area contributed by atoms with Gasteiger partial charge in [-0.15, -0.1) is 15.3 Å². The molecule has 28 heavy (non-hydrogen) atoms. The smallest absolute Gasteiger partial charge is 0.233 e. The highest BCUT2D eigenvalue weighted by Crippen LogP contribution is 2.25. The van der Waals surface area contributed by atoms with Crippen molar-refractivity contribution in [3.8, 4) is 0 Å². The molecule has 1 aromatic carbocycles. The number of benzene rings is 1. The lowest BCUT2D eigenvalue weighted by Crippen LogP contribution is -2.26. The standard InChI is InChI=1S/C19H21N7OS/c1-13(14-6-3-2-4-7-14)17(27)22-19-25-24-18(28-19)21-15-9-11-26(12-15)16-8-5-10-20-23-16/h2-8,10,13,15H,9,11-12H2,1H3,(H,21,24)(H,22,25,27)/t13-,15+/m0/s1. The Morgan fingerprint density at radius 2 is 1.96 bits per heavy atom. The van der Waals surface area contributed by atoms with Crippen molar-refractivity contribution in [2.45, 2.75) is 25.3 Å². The summed E-state index contributed by atoms with van der Waals surface area (Å²) in [6.45, 7) is 3.61. The topological polar surface area (TPSA) is 95.9 Å². The average molecular weight is 395 g/mol. The van der Waals surface area contributed by atoms with Gasteiger partial charge in [0, 0.05) is 25.3 Å². The van der Waals surface area contributed by atoms with Gasteiger partial charge in [-0.1, -0.05) is 41.7 Å². The Bertz CT molecular complexity index is 918. The van der Waals surface area contributed by atoms with Crippen LogP contribution in [0.5, 0.6) is 0 Å². The Hall–Kier alpha value is -3.07. The van der Waals surface area contributed by atoms with E-state index in [1.54, 1.807) is 6.20 Å². The Morgan fingerprint density at radius 3 is 2.75 bits per heavy atom. The number of rotatable bonds is 6. The molecular formula is C19H21N7OS. The minimum absolute atomic E-state index is 0.0939. The van der Waals surface area contributed by atoms with Gasteiger partial charge in [0.1, 0.15) is 0 Å². The third kappa shape index (κ3) is 4.25. The molecule has 1 saturated heterocycles. The lowest BCUT2D eigenvalue weighted by atomic mass is 10.0. The van der Waals surface area contributed by atoms with Crippen LogP contribution in [-0.4, -0.2) is 45.4 Å². The summed E-state index contributed by atoms with van der Waals surface area (Å²) >= 11 is 1.35. The number of nitrogens with zero attached hydrogens (tertiary/aromatic N) is 5. The van der Waals surface area contributed by atoms with Crippen molar-refractivity contribution in [3.05, 3.63) is 54.2 Å². The van der Waals surface area contributed by atoms with Crippen molar-refractivity contribution in [2.24, 2.45) is 0 Å². The molecule has 0 bridgehead atoms. The lowest BCUT2D eigenvalue weighted by Gasteiger charge is -2.16. The van der Waals surface area contributed by atoms with Crippen LogP contribution in [0.15, 0.2) is 48.7 Å². The summed E-state index contributed by atoms with van der Waals surface area (Å²) in [7, 11) is 0. The van der Waals surface area contributed by atoms with E-state index in [9.17, 15) is 4.79 Å². The van der Waals surface area contributed by atoms with Crippen LogP contribution in [0.2, 0.25) is 0 Å². The number of hydrogen-bond donors (Lipinski definition) is 2. The predicted octanol–water partition coefficient (Wildman–Crippen LogP) is 2.76. The molecular weight excluding hydrogens is 374 g/mol. The summed E-state index contributed by atoms with van der Waals surface area (Å²) < 4.78 is 0. The highest BCUT2D eigenvalue weighted by molar-refractivity contribution is 7.19. The highest BCUT2D eigenvalue weighted by atomic mass is 32.1. The van der Waals surface area contributed by atoms with Crippen molar-refractivity contribution in [1.82, 2.24) is 20.4 Å². The van der Waals surface area contributed by atoms with Gasteiger partial charge in [0.15, 0.2) is 5.82 Å². The number of carbonyl (C=O) groups excluding carboxylic acids is 1. The summed E-state index contributed by atoms with van der Waals surface area (Å²) in [5, 5.41) is 23.8. The normalized spacial score (nSPS) is 17.3. The van der Waals surface area contributed by atoms with Gasteiger partial charge in [-0.25, -0.2) is 0 Å². The van der Waals surface area contributed by atoms with Crippen molar-refractivity contribution in [3.63, 3.8) is 0 Å². The zero-order valence-corrected chi connectivity index (χ0v) is 16.3. The van der Waals surface area contributed by atoms with Gasteiger partial charge in [0.2, 0.25) is 16.2 Å². The van der Waals surface area contributed by atoms with E-state index in [0.717, 1.165) is 30.9 Å². The minimum Gasteiger partial charge on any atom is -0.355 e. The zero-order chi connectivity index (χ0) is 19.3. The maximum Gasteiger partial charge on any atom is 0.233 e. The molecule has 3 aromatic rings. The van der Waals surface area contributed by atoms with Crippen LogP contribution in [0.3, 0.4) is 0 Å². The molecule has 2 atom stereocenters. The van der Waals surface area contributed by atoms with Gasteiger partial charge in [-0.3, -0.25) is 10.1 Å². The van der Waals surface area contributed by atoms with Gasteiger partial charge in [-0.05, 0) is 31.0 Å². The molecule has 9 heteroatoms. The van der Waals surface area contributed by atoms with Crippen LogP contribution < -0.4 is 15.5 Å². The van der Waals surface area contributed by atoms with Crippen LogP contribution in [0.1, 0.15) is 24.8 Å². The van der Waals surface area contributed by atoms with Gasteiger partial charge in [0.05, 0.1) is 5.92 Å². The first-order chi connectivity index (χ1) is 13.7. The van der Waals surface area contributed by atoms with Crippen molar-refractivity contribution < 1.29 is 4.79 Å². The second-order valence-electron chi connectivity index (χ2n) is 6.69. The Balaban J connectivity index is 1.32. The monoisotopic (exact) mass is 395 g/mol. The largest absolute Gasteiger partial charge is 0.355 e. The fraction of sp³-hybridized carbons (Fsp3) is 0.316. The summed E-state index contributed by atoms with van der Waals surface area (Å²) in [6, 6.07) is 13.8. The molecule has 0 saturated carbocycles. The van der Waals surface area contributed by atoms with Gasteiger partial charge >= 0.3 is 0 Å². The van der Waals surface area contributed by atoms with E-state index in [1.165, 1.54) is 11.3 Å². The van der Waals surface area contributed by atoms with Gasteiger partial charge < -0.3 is 10.2 Å². The quantitative estimate of drug-likeness (QED) is 0.662. The molecule has 1 aliphatic heterocycles. The Labute approximate surface area is 167 Å². The number of carbonyl (C=O) groups is 1. The number of anilines is 3. The summed E-state index contributed by atoms with van der Waals surface area (Å²) in [4.78, 5) is 14.6. The molecule has 0 spiro atoms. The second-order valence-corrected chi connectivity index (χ2v) is 7.67. The molecule has 2 N–H and O–H groups in total. The number of amides is 1. The third-order valence-corrected chi connectivity index (χ3v) is 5.52. The van der Waals surface area contributed by atoms with Gasteiger partial charge in [0.25, 0.3) is 0 Å². The molecule has 0 aliphatic carbocycles. The third-order valence-electron chi connectivity index (χ3n) is 4.75. The molecule has 8 nitrogen and oxygen atoms in total. The van der Waals surface area contributed by atoms with E-state index >= 15 is 0 Å². The summed E-state index contributed by atoms with van der Waals surface area (Å²) in [6.07, 6.45) is 2.65. The van der Waals surface area contributed by atoms with Crippen molar-refractivity contribution in [2.75, 3.05) is 28.6 Å². The number of hydrogen-bond acceptors (Lipinski definition) is 8. The Kier molecular flexibility index (Phi) is 5.43. The average Bonchev–Trinajstić information content (AvgIpc) is 3.38. The van der Waals surface area contributed by atoms with Crippen LogP contribution in [-0.2, 0) is 4.79 Å². The van der Waals surface area contributed by atoms with E-state index in [0.29, 0.717) is 10.3 Å². The number of nitrogens with one attached hydrogen (secondary N) is 2. The molecule has 3 heterocycles. The zero-order valence-electron chi connectivity index (χ0n) is 15.4. The maximum atomic E-state index is 12.5. The fourth-order valence-corrected chi connectivity index (χ4v) is 3.89. The molecule has 0 unspecified atom stereocenters. The first-order valence-corrected chi connectivity index (χ1v) is 9.99. The Morgan fingerprint density at radius 1 is 1.14 bits per heavy atom. The van der Waals surface area contributed by atoms with Crippen LogP contribution >= 0.6 is 11.3 Å². The van der Waals surface area contributed by atoms with E-state index in [-0.39, 0.29) is 17.9 Å². The van der Waals surface area contributed by atoms with E-state index in [4.69, 9.17) is 0 Å². The minimum atomic E-state index is -0.253. The molecule has 2 aromatic heterocycles. The van der Waals surface area contributed by atoms with E-state index in [2.05, 4.69) is 35.9 Å². The SMILES string of the molecule is C[C@H](C(=O)Nc1nnc(N[C@@H]2CCN(c3cccnn3)C2)s1)c1ccccc1. The van der Waals surface area contributed by atoms with E-state index < -0.39 is 0 Å². The lowest BCUT2D eigenvalue weighted by molar-refractivity contribution is -0.117. The molecule has 4 rings (SSSR count). The second kappa shape index (κ2) is 8.30. The van der Waals surface area contributed by atoms with Crippen LogP contribution in [0, 0.1) is 0 Å². The van der Waals surface area contributed by atoms with Crippen LogP contribution in [0.4, 0.5) is 16.1 Å². The predicted molar refractivity (Wildman–Crippen MR) is 110 cm³/mol. The molecule has 144 valence electrons. The first-order valence-electron chi connectivity index (χ1n) is 9.17.